The molecule has 0 radical (unpaired) electrons. The molecule has 17 heavy (non-hydrogen) atoms. The van der Waals surface area contributed by atoms with Crippen molar-refractivity contribution in [3.63, 3.8) is 0 Å². The van der Waals surface area contributed by atoms with E-state index in [-0.39, 0.29) is 5.56 Å². The maximum atomic E-state index is 13.1. The Morgan fingerprint density at radius 1 is 1.29 bits per heavy atom. The van der Waals surface area contributed by atoms with E-state index in [1.807, 2.05) is 17.5 Å². The molecule has 0 saturated carbocycles. The molecule has 0 unspecified atom stereocenters. The number of pyridine rings is 2. The van der Waals surface area contributed by atoms with Crippen molar-refractivity contribution in [3.05, 3.63) is 58.3 Å². The number of nitrogens with zero attached hydrogens (tertiary/aromatic N) is 2. The second kappa shape index (κ2) is 3.78. The van der Waals surface area contributed by atoms with Crippen molar-refractivity contribution in [2.75, 3.05) is 0 Å². The van der Waals surface area contributed by atoms with Gasteiger partial charge in [0.05, 0.1) is 18.1 Å². The zero-order valence-electron chi connectivity index (χ0n) is 8.63. The lowest BCUT2D eigenvalue weighted by Gasteiger charge is -2.04. The van der Waals surface area contributed by atoms with E-state index < -0.39 is 5.82 Å². The third-order valence-corrected chi connectivity index (χ3v) is 3.40. The SMILES string of the molecule is O=c1c2sccc2ccn1-c1cncc(F)c1. The summed E-state index contributed by atoms with van der Waals surface area (Å²) in [4.78, 5) is 15.9. The minimum Gasteiger partial charge on any atom is -0.281 e. The van der Waals surface area contributed by atoms with Crippen molar-refractivity contribution in [3.8, 4) is 5.69 Å². The summed E-state index contributed by atoms with van der Waals surface area (Å²) in [5, 5.41) is 2.76. The molecule has 0 aliphatic rings. The van der Waals surface area contributed by atoms with Crippen LogP contribution in [0.2, 0.25) is 0 Å². The molecule has 0 N–H and O–H groups in total. The van der Waals surface area contributed by atoms with Gasteiger partial charge in [-0.1, -0.05) is 0 Å². The molecule has 3 aromatic heterocycles. The highest BCUT2D eigenvalue weighted by atomic mass is 32.1. The fourth-order valence-corrected chi connectivity index (χ4v) is 2.51. The summed E-state index contributed by atoms with van der Waals surface area (Å²) in [6.45, 7) is 0. The molecule has 0 aliphatic carbocycles. The van der Waals surface area contributed by atoms with Crippen LogP contribution in [0.5, 0.6) is 0 Å². The Morgan fingerprint density at radius 3 is 3.00 bits per heavy atom. The minimum absolute atomic E-state index is 0.148. The molecular formula is C12H7FN2OS. The zero-order chi connectivity index (χ0) is 11.8. The van der Waals surface area contributed by atoms with E-state index in [2.05, 4.69) is 4.98 Å². The van der Waals surface area contributed by atoms with Gasteiger partial charge in [-0.15, -0.1) is 11.3 Å². The van der Waals surface area contributed by atoms with Crippen LogP contribution in [0.4, 0.5) is 4.39 Å². The maximum absolute atomic E-state index is 13.1. The fourth-order valence-electron chi connectivity index (χ4n) is 1.69. The van der Waals surface area contributed by atoms with Crippen LogP contribution < -0.4 is 5.56 Å². The molecule has 3 aromatic rings. The number of aromatic nitrogens is 2. The second-order valence-corrected chi connectivity index (χ2v) is 4.47. The van der Waals surface area contributed by atoms with Crippen LogP contribution in [0, 0.1) is 5.82 Å². The van der Waals surface area contributed by atoms with Gasteiger partial charge in [0.25, 0.3) is 5.56 Å². The molecule has 0 aromatic carbocycles. The zero-order valence-corrected chi connectivity index (χ0v) is 9.45. The first kappa shape index (κ1) is 10.2. The third-order valence-electron chi connectivity index (χ3n) is 2.48. The summed E-state index contributed by atoms with van der Waals surface area (Å²) >= 11 is 1.38. The van der Waals surface area contributed by atoms with Crippen LogP contribution in [-0.2, 0) is 0 Å². The van der Waals surface area contributed by atoms with E-state index in [0.29, 0.717) is 10.4 Å². The summed E-state index contributed by atoms with van der Waals surface area (Å²) in [5.41, 5.74) is 0.287. The molecule has 84 valence electrons. The molecule has 0 saturated heterocycles. The summed E-state index contributed by atoms with van der Waals surface area (Å²) in [6, 6.07) is 5.00. The third kappa shape index (κ3) is 1.64. The Bertz CT molecular complexity index is 747. The lowest BCUT2D eigenvalue weighted by atomic mass is 10.3. The molecule has 5 heteroatoms. The Morgan fingerprint density at radius 2 is 2.18 bits per heavy atom. The van der Waals surface area contributed by atoms with Gasteiger partial charge in [-0.25, -0.2) is 4.39 Å². The topological polar surface area (TPSA) is 34.9 Å². The predicted molar refractivity (Wildman–Crippen MR) is 65.2 cm³/mol. The number of fused-ring (bicyclic) bond motifs is 1. The van der Waals surface area contributed by atoms with Crippen LogP contribution in [0.25, 0.3) is 15.8 Å². The number of halogens is 1. The molecule has 0 spiro atoms. The van der Waals surface area contributed by atoms with Gasteiger partial charge in [0.2, 0.25) is 0 Å². The van der Waals surface area contributed by atoms with Gasteiger partial charge in [-0.05, 0) is 22.9 Å². The average Bonchev–Trinajstić information content (AvgIpc) is 2.78. The van der Waals surface area contributed by atoms with E-state index in [9.17, 15) is 9.18 Å². The van der Waals surface area contributed by atoms with E-state index in [0.717, 1.165) is 11.6 Å². The second-order valence-electron chi connectivity index (χ2n) is 3.56. The van der Waals surface area contributed by atoms with Gasteiger partial charge >= 0.3 is 0 Å². The molecule has 0 aliphatic heterocycles. The summed E-state index contributed by atoms with van der Waals surface area (Å²) in [5.74, 6) is -0.458. The van der Waals surface area contributed by atoms with Crippen molar-refractivity contribution < 1.29 is 4.39 Å². The van der Waals surface area contributed by atoms with Crippen molar-refractivity contribution in [2.45, 2.75) is 0 Å². The van der Waals surface area contributed by atoms with Crippen LogP contribution in [0.3, 0.4) is 0 Å². The van der Waals surface area contributed by atoms with Crippen LogP contribution >= 0.6 is 11.3 Å². The van der Waals surface area contributed by atoms with Gasteiger partial charge in [0, 0.05) is 12.3 Å². The van der Waals surface area contributed by atoms with Crippen LogP contribution in [-0.4, -0.2) is 9.55 Å². The highest BCUT2D eigenvalue weighted by Gasteiger charge is 2.06. The lowest BCUT2D eigenvalue weighted by molar-refractivity contribution is 0.619. The van der Waals surface area contributed by atoms with E-state index in [1.54, 1.807) is 6.20 Å². The summed E-state index contributed by atoms with van der Waals surface area (Å²) in [7, 11) is 0. The Hall–Kier alpha value is -2.01. The number of thiophene rings is 1. The highest BCUT2D eigenvalue weighted by molar-refractivity contribution is 7.17. The van der Waals surface area contributed by atoms with Crippen molar-refractivity contribution in [1.29, 1.82) is 0 Å². The first-order chi connectivity index (χ1) is 8.25. The molecule has 3 rings (SSSR count). The monoisotopic (exact) mass is 246 g/mol. The summed E-state index contributed by atoms with van der Waals surface area (Å²) < 4.78 is 15.1. The quantitative estimate of drug-likeness (QED) is 0.661. The van der Waals surface area contributed by atoms with E-state index in [1.165, 1.54) is 28.2 Å². The van der Waals surface area contributed by atoms with Crippen molar-refractivity contribution >= 4 is 21.4 Å². The molecule has 0 amide bonds. The largest absolute Gasteiger partial charge is 0.281 e. The summed E-state index contributed by atoms with van der Waals surface area (Å²) in [6.07, 6.45) is 4.20. The minimum atomic E-state index is -0.458. The Kier molecular flexibility index (Phi) is 2.26. The maximum Gasteiger partial charge on any atom is 0.273 e. The van der Waals surface area contributed by atoms with Crippen molar-refractivity contribution in [1.82, 2.24) is 9.55 Å². The number of rotatable bonds is 1. The fraction of sp³-hybridized carbons (Fsp3) is 0. The Labute approximate surface area is 99.8 Å². The molecule has 3 heterocycles. The van der Waals surface area contributed by atoms with E-state index in [4.69, 9.17) is 0 Å². The first-order valence-electron chi connectivity index (χ1n) is 4.95. The van der Waals surface area contributed by atoms with Gasteiger partial charge in [0.1, 0.15) is 10.5 Å². The smallest absolute Gasteiger partial charge is 0.273 e. The van der Waals surface area contributed by atoms with Gasteiger partial charge in [0.15, 0.2) is 0 Å². The van der Waals surface area contributed by atoms with Gasteiger partial charge in [-0.3, -0.25) is 14.3 Å². The molecule has 3 nitrogen and oxygen atoms in total. The standard InChI is InChI=1S/C12H7FN2OS/c13-9-5-10(7-14-6-9)15-3-1-8-2-4-17-11(8)12(15)16/h1-7H. The molecule has 0 fully saturated rings. The van der Waals surface area contributed by atoms with E-state index >= 15 is 0 Å². The first-order valence-corrected chi connectivity index (χ1v) is 5.83. The highest BCUT2D eigenvalue weighted by Crippen LogP contribution is 2.17. The average molecular weight is 246 g/mol. The molecule has 0 atom stereocenters. The van der Waals surface area contributed by atoms with Gasteiger partial charge < -0.3 is 0 Å². The molecule has 0 bridgehead atoms. The normalized spacial score (nSPS) is 10.9. The van der Waals surface area contributed by atoms with Crippen LogP contribution in [0.15, 0.2) is 47.0 Å². The predicted octanol–water partition coefficient (Wildman–Crippen LogP) is 2.59. The van der Waals surface area contributed by atoms with Gasteiger partial charge in [-0.2, -0.15) is 0 Å². The lowest BCUT2D eigenvalue weighted by Crippen LogP contribution is -2.16. The Balaban J connectivity index is 2.31. The number of hydrogen-bond acceptors (Lipinski definition) is 3. The van der Waals surface area contributed by atoms with Crippen LogP contribution in [0.1, 0.15) is 0 Å². The molecular weight excluding hydrogens is 239 g/mol. The van der Waals surface area contributed by atoms with Crippen molar-refractivity contribution in [2.24, 2.45) is 0 Å². The number of hydrogen-bond donors (Lipinski definition) is 0.